The van der Waals surface area contributed by atoms with Crippen molar-refractivity contribution < 1.29 is 8.42 Å². The lowest BCUT2D eigenvalue weighted by Gasteiger charge is -2.10. The Hall–Kier alpha value is -1.42. The Morgan fingerprint density at radius 3 is 2.61 bits per heavy atom. The fraction of sp³-hybridized carbons (Fsp3) is 0.263. The van der Waals surface area contributed by atoms with Crippen molar-refractivity contribution in [3.63, 3.8) is 0 Å². The van der Waals surface area contributed by atoms with Gasteiger partial charge >= 0.3 is 0 Å². The smallest absolute Gasteiger partial charge is 0.263 e. The minimum Gasteiger partial charge on any atom is -0.283 e. The Balaban J connectivity index is 1.87. The Morgan fingerprint density at radius 2 is 1.96 bits per heavy atom. The fourth-order valence-electron chi connectivity index (χ4n) is 2.71. The molecular weight excluding hydrogens is 480 g/mol. The molecule has 0 unspecified atom stereocenters. The molecule has 9 heteroatoms. The zero-order chi connectivity index (χ0) is 20.5. The lowest BCUT2D eigenvalue weighted by atomic mass is 10.2. The highest BCUT2D eigenvalue weighted by Gasteiger charge is 2.18. The van der Waals surface area contributed by atoms with Gasteiger partial charge in [0.25, 0.3) is 5.56 Å². The van der Waals surface area contributed by atoms with E-state index < -0.39 is 9.84 Å². The molecule has 0 amide bonds. The van der Waals surface area contributed by atoms with E-state index >= 15 is 0 Å². The molecular formula is C19H19BrN2O3S3. The summed E-state index contributed by atoms with van der Waals surface area (Å²) in [7, 11) is -3.40. The summed E-state index contributed by atoms with van der Waals surface area (Å²) < 4.78 is 27.5. The van der Waals surface area contributed by atoms with Gasteiger partial charge in [0.2, 0.25) is 0 Å². The number of allylic oxidation sites excluding steroid dienone is 1. The van der Waals surface area contributed by atoms with E-state index in [9.17, 15) is 13.2 Å². The van der Waals surface area contributed by atoms with E-state index in [-0.39, 0.29) is 16.2 Å². The molecule has 28 heavy (non-hydrogen) atoms. The molecule has 5 nitrogen and oxygen atoms in total. The van der Waals surface area contributed by atoms with Gasteiger partial charge in [0, 0.05) is 21.6 Å². The monoisotopic (exact) mass is 498 g/mol. The third-order valence-electron chi connectivity index (χ3n) is 4.32. The standard InChI is InChI=1S/C19H19BrN2O3S3/c1-4-9-22-18(23)16-12(2)13(3)27-17(16)21-19(22)26-10-11-28(24,25)15-7-5-14(20)6-8-15/h4-8H,1,9-11H2,2-3H3. The first-order valence-electron chi connectivity index (χ1n) is 8.47. The number of thioether (sulfide) groups is 1. The summed E-state index contributed by atoms with van der Waals surface area (Å²) in [6.45, 7) is 7.94. The zero-order valence-corrected chi connectivity index (χ0v) is 19.5. The van der Waals surface area contributed by atoms with Crippen LogP contribution in [0.4, 0.5) is 0 Å². The first-order valence-corrected chi connectivity index (χ1v) is 12.7. The second-order valence-electron chi connectivity index (χ2n) is 6.18. The lowest BCUT2D eigenvalue weighted by molar-refractivity contribution is 0.597. The average molecular weight is 499 g/mol. The number of halogens is 1. The van der Waals surface area contributed by atoms with Crippen molar-refractivity contribution in [1.82, 2.24) is 9.55 Å². The highest BCUT2D eigenvalue weighted by Crippen LogP contribution is 2.28. The molecule has 0 aliphatic rings. The van der Waals surface area contributed by atoms with E-state index in [1.807, 2.05) is 13.8 Å². The molecule has 2 aromatic heterocycles. The number of aryl methyl sites for hydroxylation is 2. The van der Waals surface area contributed by atoms with Gasteiger partial charge in [-0.1, -0.05) is 33.8 Å². The topological polar surface area (TPSA) is 69.0 Å². The Labute approximate surface area is 180 Å². The summed E-state index contributed by atoms with van der Waals surface area (Å²) in [5.74, 6) is 0.265. The molecule has 1 aromatic carbocycles. The van der Waals surface area contributed by atoms with Crippen LogP contribution in [-0.4, -0.2) is 29.5 Å². The number of fused-ring (bicyclic) bond motifs is 1. The number of sulfone groups is 1. The van der Waals surface area contributed by atoms with Gasteiger partial charge in [0.05, 0.1) is 16.0 Å². The van der Waals surface area contributed by atoms with Crippen LogP contribution in [0.1, 0.15) is 10.4 Å². The minimum atomic E-state index is -3.40. The highest BCUT2D eigenvalue weighted by molar-refractivity contribution is 9.10. The predicted molar refractivity (Wildman–Crippen MR) is 120 cm³/mol. The zero-order valence-electron chi connectivity index (χ0n) is 15.4. The van der Waals surface area contributed by atoms with Gasteiger partial charge in [-0.25, -0.2) is 13.4 Å². The molecule has 3 rings (SSSR count). The molecule has 0 N–H and O–H groups in total. The largest absolute Gasteiger partial charge is 0.283 e. The van der Waals surface area contributed by atoms with E-state index in [4.69, 9.17) is 0 Å². The quantitative estimate of drug-likeness (QED) is 0.270. The molecule has 2 heterocycles. The predicted octanol–water partition coefficient (Wildman–Crippen LogP) is 4.59. The maximum absolute atomic E-state index is 12.9. The van der Waals surface area contributed by atoms with Crippen LogP contribution in [0, 0.1) is 13.8 Å². The van der Waals surface area contributed by atoms with Crippen molar-refractivity contribution in [2.24, 2.45) is 0 Å². The molecule has 0 bridgehead atoms. The molecule has 148 valence electrons. The van der Waals surface area contributed by atoms with Gasteiger partial charge < -0.3 is 0 Å². The number of hydrogen-bond donors (Lipinski definition) is 0. The first-order chi connectivity index (χ1) is 13.2. The third-order valence-corrected chi connectivity index (χ3v) is 8.92. The second-order valence-corrected chi connectivity index (χ2v) is 11.5. The van der Waals surface area contributed by atoms with Crippen molar-refractivity contribution in [1.29, 1.82) is 0 Å². The summed E-state index contributed by atoms with van der Waals surface area (Å²) >= 11 is 6.07. The number of rotatable bonds is 7. The molecule has 0 saturated heterocycles. The van der Waals surface area contributed by atoms with Crippen LogP contribution >= 0.6 is 39.0 Å². The van der Waals surface area contributed by atoms with Gasteiger partial charge in [-0.15, -0.1) is 17.9 Å². The molecule has 0 radical (unpaired) electrons. The Morgan fingerprint density at radius 1 is 1.29 bits per heavy atom. The average Bonchev–Trinajstić information content (AvgIpc) is 2.92. The Bertz CT molecular complexity index is 1200. The van der Waals surface area contributed by atoms with Crippen molar-refractivity contribution in [2.75, 3.05) is 11.5 Å². The normalized spacial score (nSPS) is 11.8. The van der Waals surface area contributed by atoms with Gasteiger partial charge in [-0.2, -0.15) is 0 Å². The van der Waals surface area contributed by atoms with Crippen LogP contribution in [-0.2, 0) is 16.4 Å². The molecule has 0 atom stereocenters. The summed E-state index contributed by atoms with van der Waals surface area (Å²) in [4.78, 5) is 19.6. The number of hydrogen-bond acceptors (Lipinski definition) is 6. The van der Waals surface area contributed by atoms with Gasteiger partial charge in [0.1, 0.15) is 4.83 Å². The van der Waals surface area contributed by atoms with Crippen molar-refractivity contribution in [3.05, 3.63) is 62.2 Å². The summed E-state index contributed by atoms with van der Waals surface area (Å²) in [6.07, 6.45) is 1.64. The van der Waals surface area contributed by atoms with Crippen molar-refractivity contribution in [3.8, 4) is 0 Å². The van der Waals surface area contributed by atoms with E-state index in [2.05, 4.69) is 27.5 Å². The first kappa shape index (κ1) is 21.3. The number of thiophene rings is 1. The molecule has 0 saturated carbocycles. The molecule has 0 aliphatic heterocycles. The summed E-state index contributed by atoms with van der Waals surface area (Å²) in [5.41, 5.74) is 0.842. The molecule has 0 spiro atoms. The van der Waals surface area contributed by atoms with Crippen LogP contribution < -0.4 is 5.56 Å². The van der Waals surface area contributed by atoms with E-state index in [1.54, 1.807) is 34.9 Å². The van der Waals surface area contributed by atoms with E-state index in [0.29, 0.717) is 27.7 Å². The van der Waals surface area contributed by atoms with Crippen LogP contribution in [0.2, 0.25) is 0 Å². The maximum atomic E-state index is 12.9. The van der Waals surface area contributed by atoms with Crippen LogP contribution in [0.3, 0.4) is 0 Å². The van der Waals surface area contributed by atoms with Crippen LogP contribution in [0.5, 0.6) is 0 Å². The second kappa shape index (κ2) is 8.52. The molecule has 3 aromatic rings. The third kappa shape index (κ3) is 4.27. The number of benzene rings is 1. The number of aromatic nitrogens is 2. The SMILES string of the molecule is C=CCn1c(SCCS(=O)(=O)c2ccc(Br)cc2)nc2sc(C)c(C)c2c1=O. The fourth-order valence-corrected chi connectivity index (χ4v) is 6.70. The summed E-state index contributed by atoms with van der Waals surface area (Å²) in [6, 6.07) is 6.58. The Kier molecular flexibility index (Phi) is 6.48. The molecule has 0 aliphatic carbocycles. The lowest BCUT2D eigenvalue weighted by Crippen LogP contribution is -2.23. The highest BCUT2D eigenvalue weighted by atomic mass is 79.9. The van der Waals surface area contributed by atoms with Crippen LogP contribution in [0.15, 0.2) is 56.2 Å². The maximum Gasteiger partial charge on any atom is 0.263 e. The van der Waals surface area contributed by atoms with E-state index in [1.165, 1.54) is 23.1 Å². The van der Waals surface area contributed by atoms with Gasteiger partial charge in [-0.05, 0) is 43.7 Å². The van der Waals surface area contributed by atoms with Gasteiger partial charge in [0.15, 0.2) is 15.0 Å². The minimum absolute atomic E-state index is 0.0379. The van der Waals surface area contributed by atoms with Crippen LogP contribution in [0.25, 0.3) is 10.2 Å². The van der Waals surface area contributed by atoms with Crippen molar-refractivity contribution >= 4 is 59.1 Å². The molecule has 0 fully saturated rings. The van der Waals surface area contributed by atoms with E-state index in [0.717, 1.165) is 14.9 Å². The van der Waals surface area contributed by atoms with Gasteiger partial charge in [-0.3, -0.25) is 9.36 Å². The number of nitrogens with zero attached hydrogens (tertiary/aromatic N) is 2. The summed E-state index contributed by atoms with van der Waals surface area (Å²) in [5, 5.41) is 1.15. The van der Waals surface area contributed by atoms with Crippen molar-refractivity contribution in [2.45, 2.75) is 30.4 Å².